The van der Waals surface area contributed by atoms with E-state index in [4.69, 9.17) is 5.26 Å². The minimum absolute atomic E-state index is 0.236. The molecule has 0 aromatic carbocycles. The van der Waals surface area contributed by atoms with E-state index in [1.165, 1.54) is 0 Å². The van der Waals surface area contributed by atoms with Gasteiger partial charge >= 0.3 is 0 Å². The Bertz CT molecular complexity index is 596. The molecule has 2 aromatic heterocycles. The van der Waals surface area contributed by atoms with E-state index < -0.39 is 0 Å². The van der Waals surface area contributed by atoms with E-state index in [0.29, 0.717) is 24.6 Å². The number of anilines is 2. The Balaban J connectivity index is 2.51. The van der Waals surface area contributed by atoms with Crippen LogP contribution < -0.4 is 10.2 Å². The van der Waals surface area contributed by atoms with Crippen molar-refractivity contribution in [1.29, 1.82) is 5.26 Å². The Labute approximate surface area is 111 Å². The van der Waals surface area contributed by atoms with E-state index in [1.54, 1.807) is 13.4 Å². The average molecular weight is 259 g/mol. The fraction of sp³-hybridized carbons (Fsp3) is 0.500. The Kier molecular flexibility index (Phi) is 3.80. The summed E-state index contributed by atoms with van der Waals surface area (Å²) in [7, 11) is 1.77. The molecule has 2 heterocycles. The predicted molar refractivity (Wildman–Crippen MR) is 73.9 cm³/mol. The van der Waals surface area contributed by atoms with Gasteiger partial charge in [-0.15, -0.1) is 0 Å². The lowest BCUT2D eigenvalue weighted by Gasteiger charge is -2.27. The third-order valence-corrected chi connectivity index (χ3v) is 2.85. The molecule has 100 valence electrons. The minimum Gasteiger partial charge on any atom is -0.357 e. The molecule has 0 aliphatic rings. The molecule has 7 heteroatoms. The lowest BCUT2D eigenvalue weighted by Crippen LogP contribution is -2.32. The Hall–Kier alpha value is -2.36. The van der Waals surface area contributed by atoms with Crippen molar-refractivity contribution >= 4 is 22.9 Å². The van der Waals surface area contributed by atoms with Gasteiger partial charge in [0.1, 0.15) is 5.52 Å². The van der Waals surface area contributed by atoms with Crippen molar-refractivity contribution in [2.45, 2.75) is 26.3 Å². The molecule has 0 atom stereocenters. The molecule has 0 bridgehead atoms. The van der Waals surface area contributed by atoms with Crippen molar-refractivity contribution in [1.82, 2.24) is 19.9 Å². The summed E-state index contributed by atoms with van der Waals surface area (Å²) in [6.45, 7) is 4.77. The molecule has 0 unspecified atom stereocenters. The molecule has 7 nitrogen and oxygen atoms in total. The largest absolute Gasteiger partial charge is 0.357 e. The number of H-pyrrole nitrogens is 1. The van der Waals surface area contributed by atoms with E-state index in [-0.39, 0.29) is 6.04 Å². The summed E-state index contributed by atoms with van der Waals surface area (Å²) in [6.07, 6.45) is 2.05. The monoisotopic (exact) mass is 259 g/mol. The van der Waals surface area contributed by atoms with E-state index in [9.17, 15) is 0 Å². The van der Waals surface area contributed by atoms with Crippen molar-refractivity contribution in [2.24, 2.45) is 0 Å². The molecule has 0 aliphatic heterocycles. The molecular weight excluding hydrogens is 242 g/mol. The topological polar surface area (TPSA) is 93.5 Å². The first-order valence-electron chi connectivity index (χ1n) is 6.19. The van der Waals surface area contributed by atoms with Crippen LogP contribution in [0.2, 0.25) is 0 Å². The van der Waals surface area contributed by atoms with Crippen molar-refractivity contribution < 1.29 is 0 Å². The van der Waals surface area contributed by atoms with Gasteiger partial charge < -0.3 is 15.2 Å². The van der Waals surface area contributed by atoms with E-state index >= 15 is 0 Å². The summed E-state index contributed by atoms with van der Waals surface area (Å²) < 4.78 is 0. The normalized spacial score (nSPS) is 10.7. The summed E-state index contributed by atoms with van der Waals surface area (Å²) in [4.78, 5) is 18.1. The summed E-state index contributed by atoms with van der Waals surface area (Å²) in [5, 5.41) is 11.7. The minimum atomic E-state index is 0.236. The summed E-state index contributed by atoms with van der Waals surface area (Å²) in [5.74, 6) is 1.30. The molecule has 0 spiro atoms. The van der Waals surface area contributed by atoms with Crippen LogP contribution in [0.25, 0.3) is 11.2 Å². The zero-order valence-electron chi connectivity index (χ0n) is 11.3. The lowest BCUT2D eigenvalue weighted by molar-refractivity contribution is 0.679. The Morgan fingerprint density at radius 1 is 1.47 bits per heavy atom. The highest BCUT2D eigenvalue weighted by molar-refractivity contribution is 5.84. The number of nitrogens with one attached hydrogen (secondary N) is 2. The second kappa shape index (κ2) is 5.52. The first-order valence-corrected chi connectivity index (χ1v) is 6.19. The average Bonchev–Trinajstić information content (AvgIpc) is 2.86. The molecule has 0 saturated carbocycles. The van der Waals surface area contributed by atoms with Crippen molar-refractivity contribution in [2.75, 3.05) is 23.8 Å². The molecule has 2 rings (SSSR count). The zero-order chi connectivity index (χ0) is 13.8. The number of imidazole rings is 1. The van der Waals surface area contributed by atoms with Crippen LogP contribution in [-0.2, 0) is 0 Å². The highest BCUT2D eigenvalue weighted by atomic mass is 15.3. The van der Waals surface area contributed by atoms with Gasteiger partial charge in [-0.1, -0.05) is 0 Å². The molecule has 0 aliphatic carbocycles. The fourth-order valence-electron chi connectivity index (χ4n) is 1.92. The summed E-state index contributed by atoms with van der Waals surface area (Å²) in [5.41, 5.74) is 1.42. The number of hydrogen-bond donors (Lipinski definition) is 2. The van der Waals surface area contributed by atoms with Crippen molar-refractivity contribution in [3.8, 4) is 6.07 Å². The van der Waals surface area contributed by atoms with Gasteiger partial charge in [0.25, 0.3) is 0 Å². The number of fused-ring (bicyclic) bond motifs is 1. The fourth-order valence-corrected chi connectivity index (χ4v) is 1.92. The maximum absolute atomic E-state index is 8.78. The van der Waals surface area contributed by atoms with Gasteiger partial charge in [0, 0.05) is 19.6 Å². The Morgan fingerprint density at radius 3 is 2.89 bits per heavy atom. The number of nitrogens with zero attached hydrogens (tertiary/aromatic N) is 5. The number of nitriles is 1. The molecule has 0 fully saturated rings. The quantitative estimate of drug-likeness (QED) is 0.845. The van der Waals surface area contributed by atoms with Crippen molar-refractivity contribution in [3.05, 3.63) is 6.33 Å². The zero-order valence-corrected chi connectivity index (χ0v) is 11.3. The molecule has 19 heavy (non-hydrogen) atoms. The molecule has 2 N–H and O–H groups in total. The third kappa shape index (κ3) is 2.57. The van der Waals surface area contributed by atoms with Gasteiger partial charge in [0.05, 0.1) is 18.8 Å². The van der Waals surface area contributed by atoms with Gasteiger partial charge in [0.2, 0.25) is 5.95 Å². The standard InChI is InChI=1S/C12H17N7/c1-8(2)19(6-4-5-13)11-9-10(16-7-15-9)17-12(14-3)18-11/h7-8H,4,6H2,1-3H3,(H2,14,15,16,17,18). The van der Waals surface area contributed by atoms with Crippen LogP contribution in [0.1, 0.15) is 20.3 Å². The summed E-state index contributed by atoms with van der Waals surface area (Å²) >= 11 is 0. The lowest BCUT2D eigenvalue weighted by atomic mass is 10.2. The second-order valence-electron chi connectivity index (χ2n) is 4.42. The van der Waals surface area contributed by atoms with Gasteiger partial charge in [0.15, 0.2) is 11.5 Å². The van der Waals surface area contributed by atoms with Crippen LogP contribution >= 0.6 is 0 Å². The SMILES string of the molecule is CNc1nc(N(CCC#N)C(C)C)c2[nH]cnc2n1. The Morgan fingerprint density at radius 2 is 2.26 bits per heavy atom. The highest BCUT2D eigenvalue weighted by Gasteiger charge is 2.18. The van der Waals surface area contributed by atoms with Crippen LogP contribution in [0.15, 0.2) is 6.33 Å². The van der Waals surface area contributed by atoms with Gasteiger partial charge in [-0.3, -0.25) is 0 Å². The molecular formula is C12H17N7. The maximum atomic E-state index is 8.78. The molecule has 0 amide bonds. The van der Waals surface area contributed by atoms with E-state index in [0.717, 1.165) is 11.3 Å². The van der Waals surface area contributed by atoms with Crippen LogP contribution in [-0.4, -0.2) is 39.6 Å². The van der Waals surface area contributed by atoms with Crippen molar-refractivity contribution in [3.63, 3.8) is 0 Å². The van der Waals surface area contributed by atoms with E-state index in [2.05, 4.69) is 50.1 Å². The second-order valence-corrected chi connectivity index (χ2v) is 4.42. The molecule has 2 aromatic rings. The van der Waals surface area contributed by atoms with Gasteiger partial charge in [-0.25, -0.2) is 4.98 Å². The highest BCUT2D eigenvalue weighted by Crippen LogP contribution is 2.24. The number of rotatable bonds is 5. The van der Waals surface area contributed by atoms with Crippen LogP contribution in [0, 0.1) is 11.3 Å². The number of aromatic amines is 1. The third-order valence-electron chi connectivity index (χ3n) is 2.85. The van der Waals surface area contributed by atoms with Gasteiger partial charge in [-0.2, -0.15) is 15.2 Å². The molecule has 0 saturated heterocycles. The maximum Gasteiger partial charge on any atom is 0.226 e. The number of aromatic nitrogens is 4. The summed E-state index contributed by atoms with van der Waals surface area (Å²) in [6, 6.07) is 2.40. The molecule has 0 radical (unpaired) electrons. The first kappa shape index (κ1) is 13.1. The van der Waals surface area contributed by atoms with Crippen LogP contribution in [0.5, 0.6) is 0 Å². The predicted octanol–water partition coefficient (Wildman–Crippen LogP) is 1.52. The van der Waals surface area contributed by atoms with Crippen LogP contribution in [0.4, 0.5) is 11.8 Å². The smallest absolute Gasteiger partial charge is 0.226 e. The number of hydrogen-bond acceptors (Lipinski definition) is 6. The van der Waals surface area contributed by atoms with Gasteiger partial charge in [-0.05, 0) is 13.8 Å². The van der Waals surface area contributed by atoms with Crippen LogP contribution in [0.3, 0.4) is 0 Å². The van der Waals surface area contributed by atoms with E-state index in [1.807, 2.05) is 0 Å². The first-order chi connectivity index (χ1) is 9.17.